The lowest BCUT2D eigenvalue weighted by atomic mass is 9.93. The lowest BCUT2D eigenvalue weighted by Crippen LogP contribution is -1.91. The molecule has 0 spiro atoms. The third kappa shape index (κ3) is 3.31. The summed E-state index contributed by atoms with van der Waals surface area (Å²) >= 11 is 0. The normalized spacial score (nSPS) is 15.9. The number of aliphatic carboxylic acids is 1. The molecule has 17 heavy (non-hydrogen) atoms. The Morgan fingerprint density at radius 3 is 2.53 bits per heavy atom. The molecule has 0 fully saturated rings. The summed E-state index contributed by atoms with van der Waals surface area (Å²) in [5.41, 5.74) is 3.61. The van der Waals surface area contributed by atoms with Crippen LogP contribution in [0.5, 0.6) is 0 Å². The van der Waals surface area contributed by atoms with E-state index in [1.165, 1.54) is 30.4 Å². The summed E-state index contributed by atoms with van der Waals surface area (Å²) in [5.74, 6) is -0.913. The molecule has 2 heteroatoms. The molecule has 0 aliphatic heterocycles. The number of carbonyl (C=O) groups is 1. The van der Waals surface area contributed by atoms with Crippen LogP contribution >= 0.6 is 0 Å². The van der Waals surface area contributed by atoms with Crippen molar-refractivity contribution in [2.75, 3.05) is 0 Å². The van der Waals surface area contributed by atoms with E-state index in [0.29, 0.717) is 0 Å². The highest BCUT2D eigenvalue weighted by atomic mass is 16.4. The molecule has 0 radical (unpaired) electrons. The first-order valence-corrected chi connectivity index (χ1v) is 5.96. The Bertz CT molecular complexity index is 452. The summed E-state index contributed by atoms with van der Waals surface area (Å²) in [6, 6.07) is 8.06. The Labute approximate surface area is 101 Å². The largest absolute Gasteiger partial charge is 0.478 e. The van der Waals surface area contributed by atoms with Gasteiger partial charge >= 0.3 is 5.97 Å². The van der Waals surface area contributed by atoms with Gasteiger partial charge in [-0.2, -0.15) is 0 Å². The van der Waals surface area contributed by atoms with E-state index >= 15 is 0 Å². The molecule has 1 aliphatic rings. The van der Waals surface area contributed by atoms with Crippen LogP contribution in [0.15, 0.2) is 36.4 Å². The Balaban J connectivity index is 2.12. The van der Waals surface area contributed by atoms with Gasteiger partial charge in [0, 0.05) is 6.08 Å². The molecule has 0 saturated heterocycles. The standard InChI is InChI=1S/C15H16O2/c16-15(17)11-8-12-6-9-14(10-7-12)13-4-2-1-3-5-13/h4,6-11H,1-3,5H2,(H,16,17). The van der Waals surface area contributed by atoms with Gasteiger partial charge in [0.2, 0.25) is 0 Å². The molecule has 1 aliphatic carbocycles. The third-order valence-corrected chi connectivity index (χ3v) is 2.99. The molecule has 0 atom stereocenters. The van der Waals surface area contributed by atoms with Crippen molar-refractivity contribution in [3.63, 3.8) is 0 Å². The number of carboxylic acids is 1. The van der Waals surface area contributed by atoms with Gasteiger partial charge in [0.25, 0.3) is 0 Å². The van der Waals surface area contributed by atoms with Crippen LogP contribution in [0, 0.1) is 0 Å². The average Bonchev–Trinajstić information content (AvgIpc) is 2.38. The van der Waals surface area contributed by atoms with Crippen LogP contribution in [0.25, 0.3) is 11.6 Å². The predicted octanol–water partition coefficient (Wildman–Crippen LogP) is 3.74. The van der Waals surface area contributed by atoms with Crippen LogP contribution in [0.3, 0.4) is 0 Å². The van der Waals surface area contributed by atoms with Gasteiger partial charge in [0.15, 0.2) is 0 Å². The summed E-state index contributed by atoms with van der Waals surface area (Å²) in [5, 5.41) is 8.54. The molecule has 0 heterocycles. The maximum absolute atomic E-state index is 10.4. The zero-order chi connectivity index (χ0) is 12.1. The number of hydrogen-bond donors (Lipinski definition) is 1. The SMILES string of the molecule is O=C(O)C=Cc1ccc(C2=CCCCC2)cc1. The van der Waals surface area contributed by atoms with Gasteiger partial charge in [0.1, 0.15) is 0 Å². The first-order chi connectivity index (χ1) is 8.25. The van der Waals surface area contributed by atoms with Crippen molar-refractivity contribution in [1.82, 2.24) is 0 Å². The predicted molar refractivity (Wildman–Crippen MR) is 69.6 cm³/mol. The van der Waals surface area contributed by atoms with Crippen molar-refractivity contribution in [2.24, 2.45) is 0 Å². The third-order valence-electron chi connectivity index (χ3n) is 2.99. The van der Waals surface area contributed by atoms with Crippen molar-refractivity contribution in [3.8, 4) is 0 Å². The second-order valence-corrected chi connectivity index (χ2v) is 4.27. The number of rotatable bonds is 3. The zero-order valence-electron chi connectivity index (χ0n) is 9.73. The molecule has 0 amide bonds. The highest BCUT2D eigenvalue weighted by Gasteiger charge is 2.05. The first-order valence-electron chi connectivity index (χ1n) is 5.96. The average molecular weight is 228 g/mol. The van der Waals surface area contributed by atoms with E-state index < -0.39 is 5.97 Å². The Morgan fingerprint density at radius 2 is 1.94 bits per heavy atom. The molecule has 0 unspecified atom stereocenters. The molecule has 88 valence electrons. The highest BCUT2D eigenvalue weighted by molar-refractivity contribution is 5.85. The minimum atomic E-state index is -0.913. The number of benzene rings is 1. The second kappa shape index (κ2) is 5.48. The van der Waals surface area contributed by atoms with E-state index in [0.717, 1.165) is 18.1 Å². The molecule has 0 aromatic heterocycles. The van der Waals surface area contributed by atoms with Crippen molar-refractivity contribution in [1.29, 1.82) is 0 Å². The summed E-state index contributed by atoms with van der Waals surface area (Å²) in [4.78, 5) is 10.4. The maximum Gasteiger partial charge on any atom is 0.328 e. The number of hydrogen-bond acceptors (Lipinski definition) is 1. The molecule has 2 rings (SSSR count). The lowest BCUT2D eigenvalue weighted by Gasteiger charge is -2.12. The van der Waals surface area contributed by atoms with E-state index in [-0.39, 0.29) is 0 Å². The van der Waals surface area contributed by atoms with Crippen LogP contribution in [-0.4, -0.2) is 11.1 Å². The van der Waals surface area contributed by atoms with E-state index in [9.17, 15) is 4.79 Å². The van der Waals surface area contributed by atoms with Gasteiger partial charge in [-0.1, -0.05) is 30.3 Å². The van der Waals surface area contributed by atoms with Gasteiger partial charge < -0.3 is 5.11 Å². The minimum Gasteiger partial charge on any atom is -0.478 e. The van der Waals surface area contributed by atoms with Crippen molar-refractivity contribution in [2.45, 2.75) is 25.7 Å². The quantitative estimate of drug-likeness (QED) is 0.800. The van der Waals surface area contributed by atoms with E-state index in [2.05, 4.69) is 18.2 Å². The first kappa shape index (κ1) is 11.6. The van der Waals surface area contributed by atoms with Crippen molar-refractivity contribution in [3.05, 3.63) is 47.5 Å². The number of allylic oxidation sites excluding steroid dienone is 2. The molecule has 1 aromatic carbocycles. The Morgan fingerprint density at radius 1 is 1.18 bits per heavy atom. The lowest BCUT2D eigenvalue weighted by molar-refractivity contribution is -0.131. The zero-order valence-corrected chi connectivity index (χ0v) is 9.73. The van der Waals surface area contributed by atoms with Crippen molar-refractivity contribution < 1.29 is 9.90 Å². The fraction of sp³-hybridized carbons (Fsp3) is 0.267. The van der Waals surface area contributed by atoms with Gasteiger partial charge in [-0.15, -0.1) is 0 Å². The van der Waals surface area contributed by atoms with E-state index in [4.69, 9.17) is 5.11 Å². The van der Waals surface area contributed by atoms with Gasteiger partial charge in [-0.3, -0.25) is 0 Å². The summed E-state index contributed by atoms with van der Waals surface area (Å²) in [6.45, 7) is 0. The second-order valence-electron chi connectivity index (χ2n) is 4.27. The molecule has 0 saturated carbocycles. The highest BCUT2D eigenvalue weighted by Crippen LogP contribution is 2.26. The summed E-state index contributed by atoms with van der Waals surface area (Å²) in [7, 11) is 0. The van der Waals surface area contributed by atoms with Crippen LogP contribution in [0.2, 0.25) is 0 Å². The molecule has 1 aromatic rings. The van der Waals surface area contributed by atoms with Crippen LogP contribution in [0.1, 0.15) is 36.8 Å². The fourth-order valence-electron chi connectivity index (χ4n) is 2.08. The fourth-order valence-corrected chi connectivity index (χ4v) is 2.08. The van der Waals surface area contributed by atoms with Gasteiger partial charge in [0.05, 0.1) is 0 Å². The van der Waals surface area contributed by atoms with E-state index in [1.54, 1.807) is 6.08 Å². The molecular weight excluding hydrogens is 212 g/mol. The summed E-state index contributed by atoms with van der Waals surface area (Å²) < 4.78 is 0. The molecule has 0 bridgehead atoms. The smallest absolute Gasteiger partial charge is 0.328 e. The molecular formula is C15H16O2. The van der Waals surface area contributed by atoms with Gasteiger partial charge in [-0.05, 0) is 48.5 Å². The van der Waals surface area contributed by atoms with E-state index in [1.807, 2.05) is 12.1 Å². The monoisotopic (exact) mass is 228 g/mol. The molecule has 1 N–H and O–H groups in total. The van der Waals surface area contributed by atoms with Crippen LogP contribution in [0.4, 0.5) is 0 Å². The number of carboxylic acid groups (broad SMARTS) is 1. The topological polar surface area (TPSA) is 37.3 Å². The Hall–Kier alpha value is -1.83. The minimum absolute atomic E-state index is 0.913. The molecule has 2 nitrogen and oxygen atoms in total. The van der Waals surface area contributed by atoms with Crippen molar-refractivity contribution >= 4 is 17.6 Å². The van der Waals surface area contributed by atoms with Crippen LogP contribution in [-0.2, 0) is 4.79 Å². The maximum atomic E-state index is 10.4. The van der Waals surface area contributed by atoms with Gasteiger partial charge in [-0.25, -0.2) is 4.79 Å². The summed E-state index contributed by atoms with van der Waals surface area (Å²) in [6.07, 6.45) is 9.98. The van der Waals surface area contributed by atoms with Crippen LogP contribution < -0.4 is 0 Å². The Kier molecular flexibility index (Phi) is 3.76.